The summed E-state index contributed by atoms with van der Waals surface area (Å²) >= 11 is 5.78. The number of aliphatic hydroxyl groups is 1. The molecule has 1 aromatic heterocycles. The van der Waals surface area contributed by atoms with E-state index < -0.39 is 6.10 Å². The van der Waals surface area contributed by atoms with Crippen LogP contribution >= 0.6 is 11.6 Å². The Morgan fingerprint density at radius 2 is 2.00 bits per heavy atom. The summed E-state index contributed by atoms with van der Waals surface area (Å²) in [7, 11) is 0. The first-order valence-electron chi connectivity index (χ1n) is 6.21. The van der Waals surface area contributed by atoms with E-state index in [1.54, 1.807) is 36.4 Å². The lowest BCUT2D eigenvalue weighted by molar-refractivity contribution is 0.0911. The number of rotatable bonds is 4. The number of nitrogens with one attached hydrogen (secondary N) is 1. The van der Waals surface area contributed by atoms with Crippen LogP contribution in [0.25, 0.3) is 0 Å². The van der Waals surface area contributed by atoms with E-state index in [1.807, 2.05) is 13.0 Å². The van der Waals surface area contributed by atoms with Gasteiger partial charge in [0.1, 0.15) is 5.69 Å². The summed E-state index contributed by atoms with van der Waals surface area (Å²) < 4.78 is 0. The highest BCUT2D eigenvalue weighted by Crippen LogP contribution is 2.15. The molecular formula is C15H15ClN2O2. The largest absolute Gasteiger partial charge is 0.387 e. The van der Waals surface area contributed by atoms with Gasteiger partial charge in [0, 0.05) is 17.3 Å². The van der Waals surface area contributed by atoms with Crippen LogP contribution in [-0.2, 0) is 0 Å². The Morgan fingerprint density at radius 3 is 2.65 bits per heavy atom. The Morgan fingerprint density at radius 1 is 1.30 bits per heavy atom. The van der Waals surface area contributed by atoms with Crippen molar-refractivity contribution in [2.45, 2.75) is 13.0 Å². The third-order valence-electron chi connectivity index (χ3n) is 2.83. The van der Waals surface area contributed by atoms with Gasteiger partial charge < -0.3 is 10.4 Å². The van der Waals surface area contributed by atoms with Gasteiger partial charge in [-0.25, -0.2) is 4.98 Å². The molecule has 1 aromatic carbocycles. The highest BCUT2D eigenvalue weighted by molar-refractivity contribution is 6.30. The quantitative estimate of drug-likeness (QED) is 0.909. The topological polar surface area (TPSA) is 62.2 Å². The summed E-state index contributed by atoms with van der Waals surface area (Å²) in [6, 6.07) is 12.1. The Labute approximate surface area is 122 Å². The predicted octanol–water partition coefficient (Wildman–Crippen LogP) is 2.51. The second-order valence-corrected chi connectivity index (χ2v) is 4.88. The summed E-state index contributed by atoms with van der Waals surface area (Å²) in [5, 5.41) is 13.2. The van der Waals surface area contributed by atoms with Gasteiger partial charge in [-0.2, -0.15) is 0 Å². The van der Waals surface area contributed by atoms with Crippen LogP contribution in [-0.4, -0.2) is 22.5 Å². The van der Waals surface area contributed by atoms with Crippen LogP contribution in [0.15, 0.2) is 42.5 Å². The molecule has 104 valence electrons. The number of pyridine rings is 1. The summed E-state index contributed by atoms with van der Waals surface area (Å²) in [4.78, 5) is 16.0. The number of benzene rings is 1. The van der Waals surface area contributed by atoms with Gasteiger partial charge in [-0.3, -0.25) is 4.79 Å². The van der Waals surface area contributed by atoms with Gasteiger partial charge in [-0.1, -0.05) is 29.8 Å². The number of amides is 1. The molecule has 1 amide bonds. The summed E-state index contributed by atoms with van der Waals surface area (Å²) in [6.45, 7) is 1.94. The third-order valence-corrected chi connectivity index (χ3v) is 3.08. The molecule has 0 aliphatic rings. The summed E-state index contributed by atoms with van der Waals surface area (Å²) in [5.41, 5.74) is 1.82. The molecule has 0 aliphatic heterocycles. The Hall–Kier alpha value is -1.91. The zero-order valence-corrected chi connectivity index (χ0v) is 11.8. The maximum atomic E-state index is 11.9. The van der Waals surface area contributed by atoms with Crippen molar-refractivity contribution in [1.29, 1.82) is 0 Å². The van der Waals surface area contributed by atoms with Crippen LogP contribution in [0.3, 0.4) is 0 Å². The number of carbonyl (C=O) groups excluding carboxylic acids is 1. The number of aromatic nitrogens is 1. The first-order chi connectivity index (χ1) is 9.56. The van der Waals surface area contributed by atoms with Crippen molar-refractivity contribution in [2.24, 2.45) is 0 Å². The van der Waals surface area contributed by atoms with Gasteiger partial charge in [-0.05, 0) is 36.8 Å². The molecule has 0 fully saturated rings. The summed E-state index contributed by atoms with van der Waals surface area (Å²) in [6.07, 6.45) is -0.777. The minimum absolute atomic E-state index is 0.121. The second-order valence-electron chi connectivity index (χ2n) is 4.44. The van der Waals surface area contributed by atoms with Crippen molar-refractivity contribution in [3.05, 3.63) is 64.4 Å². The van der Waals surface area contributed by atoms with E-state index in [4.69, 9.17) is 11.6 Å². The fourth-order valence-electron chi connectivity index (χ4n) is 1.75. The molecule has 1 atom stereocenters. The maximum Gasteiger partial charge on any atom is 0.269 e. The smallest absolute Gasteiger partial charge is 0.269 e. The van der Waals surface area contributed by atoms with Crippen molar-refractivity contribution in [1.82, 2.24) is 10.3 Å². The number of hydrogen-bond donors (Lipinski definition) is 2. The van der Waals surface area contributed by atoms with Crippen molar-refractivity contribution in [2.75, 3.05) is 6.54 Å². The monoisotopic (exact) mass is 290 g/mol. The van der Waals surface area contributed by atoms with Crippen molar-refractivity contribution < 1.29 is 9.90 Å². The third kappa shape index (κ3) is 3.79. The molecule has 0 aliphatic carbocycles. The number of nitrogens with zero attached hydrogens (tertiary/aromatic N) is 1. The van der Waals surface area contributed by atoms with Gasteiger partial charge >= 0.3 is 0 Å². The standard InChI is InChI=1S/C15H15ClN2O2/c1-10-3-2-4-13(18-10)15(20)17-9-14(19)11-5-7-12(16)8-6-11/h2-8,14,19H,9H2,1H3,(H,17,20). The molecule has 2 rings (SSSR count). The predicted molar refractivity (Wildman–Crippen MR) is 77.7 cm³/mol. The van der Waals surface area contributed by atoms with Gasteiger partial charge in [0.05, 0.1) is 6.10 Å². The van der Waals surface area contributed by atoms with Crippen LogP contribution in [0.4, 0.5) is 0 Å². The first-order valence-corrected chi connectivity index (χ1v) is 6.59. The minimum Gasteiger partial charge on any atom is -0.387 e. The maximum absolute atomic E-state index is 11.9. The molecule has 1 unspecified atom stereocenters. The zero-order valence-electron chi connectivity index (χ0n) is 11.0. The molecule has 20 heavy (non-hydrogen) atoms. The molecule has 0 radical (unpaired) electrons. The lowest BCUT2D eigenvalue weighted by atomic mass is 10.1. The molecule has 0 bridgehead atoms. The van der Waals surface area contributed by atoms with E-state index in [1.165, 1.54) is 0 Å². The normalized spacial score (nSPS) is 11.9. The van der Waals surface area contributed by atoms with Crippen LogP contribution in [0.2, 0.25) is 5.02 Å². The Kier molecular flexibility index (Phi) is 4.71. The molecular weight excluding hydrogens is 276 g/mol. The number of carbonyl (C=O) groups is 1. The van der Waals surface area contributed by atoms with E-state index in [0.717, 1.165) is 5.69 Å². The van der Waals surface area contributed by atoms with Crippen molar-refractivity contribution >= 4 is 17.5 Å². The van der Waals surface area contributed by atoms with Crippen LogP contribution < -0.4 is 5.32 Å². The number of hydrogen-bond acceptors (Lipinski definition) is 3. The molecule has 0 saturated heterocycles. The van der Waals surface area contributed by atoms with Gasteiger partial charge in [0.2, 0.25) is 0 Å². The molecule has 2 aromatic rings. The Balaban J connectivity index is 1.94. The molecule has 0 spiro atoms. The van der Waals surface area contributed by atoms with Crippen LogP contribution in [0.5, 0.6) is 0 Å². The van der Waals surface area contributed by atoms with E-state index in [0.29, 0.717) is 16.3 Å². The first kappa shape index (κ1) is 14.5. The number of aryl methyl sites for hydroxylation is 1. The van der Waals surface area contributed by atoms with E-state index in [2.05, 4.69) is 10.3 Å². The highest BCUT2D eigenvalue weighted by Gasteiger charge is 2.11. The molecule has 0 saturated carbocycles. The number of aliphatic hydroxyl groups excluding tert-OH is 1. The van der Waals surface area contributed by atoms with Crippen molar-refractivity contribution in [3.8, 4) is 0 Å². The van der Waals surface area contributed by atoms with Crippen molar-refractivity contribution in [3.63, 3.8) is 0 Å². The Bertz CT molecular complexity index is 599. The number of halogens is 1. The molecule has 5 heteroatoms. The van der Waals surface area contributed by atoms with Gasteiger partial charge in [0.15, 0.2) is 0 Å². The summed E-state index contributed by atoms with van der Waals surface area (Å²) in [5.74, 6) is -0.304. The van der Waals surface area contributed by atoms with Gasteiger partial charge in [0.25, 0.3) is 5.91 Å². The average Bonchev–Trinajstić information content (AvgIpc) is 2.45. The van der Waals surface area contributed by atoms with Crippen LogP contribution in [0, 0.1) is 6.92 Å². The SMILES string of the molecule is Cc1cccc(C(=O)NCC(O)c2ccc(Cl)cc2)n1. The highest BCUT2D eigenvalue weighted by atomic mass is 35.5. The minimum atomic E-state index is -0.777. The molecule has 1 heterocycles. The van der Waals surface area contributed by atoms with E-state index in [-0.39, 0.29) is 12.5 Å². The van der Waals surface area contributed by atoms with Crippen LogP contribution in [0.1, 0.15) is 27.8 Å². The zero-order chi connectivity index (χ0) is 14.5. The lowest BCUT2D eigenvalue weighted by Crippen LogP contribution is -2.29. The van der Waals surface area contributed by atoms with E-state index in [9.17, 15) is 9.90 Å². The average molecular weight is 291 g/mol. The molecule has 2 N–H and O–H groups in total. The fourth-order valence-corrected chi connectivity index (χ4v) is 1.88. The lowest BCUT2D eigenvalue weighted by Gasteiger charge is -2.12. The molecule has 4 nitrogen and oxygen atoms in total. The second kappa shape index (κ2) is 6.50. The fraction of sp³-hybridized carbons (Fsp3) is 0.200. The van der Waals surface area contributed by atoms with E-state index >= 15 is 0 Å². The van der Waals surface area contributed by atoms with Gasteiger partial charge in [-0.15, -0.1) is 0 Å².